The lowest BCUT2D eigenvalue weighted by atomic mass is 10.1. The molecule has 0 radical (unpaired) electrons. The smallest absolute Gasteiger partial charge is 0.226 e. The summed E-state index contributed by atoms with van der Waals surface area (Å²) < 4.78 is 0. The number of carbonyl (C=O) groups excluding carboxylic acids is 2. The number of aromatic nitrogens is 6. The van der Waals surface area contributed by atoms with E-state index in [1.165, 1.54) is 11.3 Å². The number of Topliss-reactive ketones (excluding diaryl/α,β-unsaturated/α-hetero) is 1. The number of thiophene rings is 1. The van der Waals surface area contributed by atoms with E-state index in [-0.39, 0.29) is 17.6 Å². The number of pyridine rings is 3. The van der Waals surface area contributed by atoms with Gasteiger partial charge in [0, 0.05) is 56.8 Å². The second kappa shape index (κ2) is 9.31. The van der Waals surface area contributed by atoms with Crippen molar-refractivity contribution in [3.8, 4) is 33.0 Å². The van der Waals surface area contributed by atoms with Gasteiger partial charge in [0.25, 0.3) is 0 Å². The highest BCUT2D eigenvalue weighted by Crippen LogP contribution is 2.36. The van der Waals surface area contributed by atoms with Crippen molar-refractivity contribution in [1.29, 1.82) is 0 Å². The molecule has 10 heteroatoms. The summed E-state index contributed by atoms with van der Waals surface area (Å²) in [4.78, 5) is 42.3. The molecule has 0 saturated carbocycles. The first-order chi connectivity index (χ1) is 18.4. The maximum absolute atomic E-state index is 12.1. The van der Waals surface area contributed by atoms with E-state index in [1.807, 2.05) is 44.3 Å². The van der Waals surface area contributed by atoms with E-state index in [1.54, 1.807) is 31.7 Å². The number of H-pyrrole nitrogens is 2. The first-order valence-electron chi connectivity index (χ1n) is 12.1. The molecule has 0 aliphatic rings. The molecule has 0 aliphatic heterocycles. The molecule has 0 atom stereocenters. The molecule has 0 aromatic carbocycles. The number of ketones is 1. The van der Waals surface area contributed by atoms with Crippen molar-refractivity contribution in [2.45, 2.75) is 20.8 Å². The monoisotopic (exact) mass is 521 g/mol. The number of aromatic amines is 2. The van der Waals surface area contributed by atoms with Gasteiger partial charge < -0.3 is 10.3 Å². The van der Waals surface area contributed by atoms with Crippen molar-refractivity contribution < 1.29 is 9.59 Å². The minimum absolute atomic E-state index is 0.0476. The van der Waals surface area contributed by atoms with Gasteiger partial charge >= 0.3 is 0 Å². The van der Waals surface area contributed by atoms with E-state index in [2.05, 4.69) is 41.5 Å². The fourth-order valence-electron chi connectivity index (χ4n) is 4.27. The van der Waals surface area contributed by atoms with E-state index in [0.717, 1.165) is 49.2 Å². The minimum Gasteiger partial charge on any atom is -0.352 e. The molecule has 0 saturated heterocycles. The van der Waals surface area contributed by atoms with Crippen LogP contribution in [0.2, 0.25) is 0 Å². The molecule has 9 nitrogen and oxygen atoms in total. The summed E-state index contributed by atoms with van der Waals surface area (Å²) in [7, 11) is 0. The van der Waals surface area contributed by atoms with Crippen LogP contribution in [0.3, 0.4) is 0 Å². The van der Waals surface area contributed by atoms with Crippen LogP contribution in [0.4, 0.5) is 5.69 Å². The quantitative estimate of drug-likeness (QED) is 0.228. The zero-order chi connectivity index (χ0) is 26.4. The molecule has 188 valence electrons. The van der Waals surface area contributed by atoms with Gasteiger partial charge in [-0.25, -0.2) is 4.98 Å². The van der Waals surface area contributed by atoms with Gasteiger partial charge in [-0.05, 0) is 37.3 Å². The summed E-state index contributed by atoms with van der Waals surface area (Å²) in [6.07, 6.45) is 8.72. The number of nitrogens with one attached hydrogen (secondary N) is 3. The molecule has 6 aromatic heterocycles. The lowest BCUT2D eigenvalue weighted by Crippen LogP contribution is -2.17. The van der Waals surface area contributed by atoms with Crippen molar-refractivity contribution in [3.05, 3.63) is 66.2 Å². The molecule has 6 heterocycles. The molecule has 1 amide bonds. The molecule has 0 bridgehead atoms. The Kier molecular flexibility index (Phi) is 5.80. The zero-order valence-corrected chi connectivity index (χ0v) is 21.7. The average molecular weight is 522 g/mol. The predicted molar refractivity (Wildman–Crippen MR) is 149 cm³/mol. The first-order valence-corrected chi connectivity index (χ1v) is 12.9. The summed E-state index contributed by atoms with van der Waals surface area (Å²) in [6.45, 7) is 5.26. The summed E-state index contributed by atoms with van der Waals surface area (Å²) in [5.74, 6) is -0.151. The van der Waals surface area contributed by atoms with E-state index < -0.39 is 0 Å². The largest absolute Gasteiger partial charge is 0.352 e. The highest BCUT2D eigenvalue weighted by molar-refractivity contribution is 7.17. The average Bonchev–Trinajstić information content (AvgIpc) is 3.66. The number of nitrogens with zero attached hydrogens (tertiary/aromatic N) is 4. The van der Waals surface area contributed by atoms with Gasteiger partial charge in [-0.3, -0.25) is 24.7 Å². The molecular weight excluding hydrogens is 498 g/mol. The Balaban J connectivity index is 1.40. The van der Waals surface area contributed by atoms with Gasteiger partial charge in [0.05, 0.1) is 39.9 Å². The van der Waals surface area contributed by atoms with Crippen molar-refractivity contribution in [1.82, 2.24) is 30.1 Å². The summed E-state index contributed by atoms with van der Waals surface area (Å²) in [6, 6.07) is 9.76. The van der Waals surface area contributed by atoms with Crippen molar-refractivity contribution in [2.75, 3.05) is 5.32 Å². The van der Waals surface area contributed by atoms with Crippen LogP contribution in [-0.2, 0) is 4.79 Å². The van der Waals surface area contributed by atoms with Crippen molar-refractivity contribution in [2.24, 2.45) is 5.92 Å². The second-order valence-electron chi connectivity index (χ2n) is 9.35. The molecule has 0 aliphatic carbocycles. The SMILES string of the molecule is CC(=O)c1ccc(-c2cncc3[nH]c(-c4[nH]nc5ncc(-c6cncc(NC(=O)C(C)C)c6)cc45)cc23)s1. The number of hydrogen-bond donors (Lipinski definition) is 3. The van der Waals surface area contributed by atoms with E-state index in [9.17, 15) is 9.59 Å². The lowest BCUT2D eigenvalue weighted by molar-refractivity contribution is -0.118. The molecule has 38 heavy (non-hydrogen) atoms. The molecule has 0 unspecified atom stereocenters. The van der Waals surface area contributed by atoms with Crippen LogP contribution in [0.5, 0.6) is 0 Å². The van der Waals surface area contributed by atoms with Crippen LogP contribution in [0.15, 0.2) is 61.3 Å². The molecule has 3 N–H and O–H groups in total. The number of hydrogen-bond acceptors (Lipinski definition) is 7. The third kappa shape index (κ3) is 4.24. The van der Waals surface area contributed by atoms with Gasteiger partial charge in [0.2, 0.25) is 5.91 Å². The maximum Gasteiger partial charge on any atom is 0.226 e. The van der Waals surface area contributed by atoms with Gasteiger partial charge in [-0.1, -0.05) is 13.8 Å². The van der Waals surface area contributed by atoms with Crippen LogP contribution in [0.1, 0.15) is 30.4 Å². The Morgan fingerprint density at radius 3 is 2.55 bits per heavy atom. The molecule has 6 aromatic rings. The normalized spacial score (nSPS) is 11.5. The van der Waals surface area contributed by atoms with Crippen LogP contribution in [0.25, 0.3) is 54.9 Å². The van der Waals surface area contributed by atoms with E-state index >= 15 is 0 Å². The van der Waals surface area contributed by atoms with Crippen LogP contribution in [-0.4, -0.2) is 41.8 Å². The molecule has 0 fully saturated rings. The van der Waals surface area contributed by atoms with Gasteiger partial charge in [-0.15, -0.1) is 11.3 Å². The van der Waals surface area contributed by atoms with Gasteiger partial charge in [-0.2, -0.15) is 5.10 Å². The van der Waals surface area contributed by atoms with Crippen molar-refractivity contribution >= 4 is 50.7 Å². The fourth-order valence-corrected chi connectivity index (χ4v) is 5.20. The van der Waals surface area contributed by atoms with Crippen LogP contribution < -0.4 is 5.32 Å². The van der Waals surface area contributed by atoms with Gasteiger partial charge in [0.15, 0.2) is 11.4 Å². The molecule has 0 spiro atoms. The number of anilines is 1. The lowest BCUT2D eigenvalue weighted by Gasteiger charge is -2.09. The Hall–Kier alpha value is -4.70. The highest BCUT2D eigenvalue weighted by Gasteiger charge is 2.16. The molecule has 6 rings (SSSR count). The van der Waals surface area contributed by atoms with Crippen molar-refractivity contribution in [3.63, 3.8) is 0 Å². The summed E-state index contributed by atoms with van der Waals surface area (Å²) >= 11 is 1.46. The standard InChI is InChI=1S/C28H23N7O2S/c1-14(2)28(37)32-18-6-16(9-29-11-18)17-7-20-26(34-35-27(20)31-10-17)22-8-19-21(12-30-13-23(19)33-22)25-5-4-24(38-25)15(3)36/h4-14,33H,1-3H3,(H,32,37)(H,31,34,35). The molecular formula is C28H23N7O2S. The van der Waals surface area contributed by atoms with Crippen LogP contribution in [0, 0.1) is 5.92 Å². The third-order valence-corrected chi connectivity index (χ3v) is 7.53. The van der Waals surface area contributed by atoms with E-state index in [4.69, 9.17) is 0 Å². The maximum atomic E-state index is 12.1. The predicted octanol–water partition coefficient (Wildman–Crippen LogP) is 6.09. The second-order valence-corrected chi connectivity index (χ2v) is 10.4. The van der Waals surface area contributed by atoms with Gasteiger partial charge in [0.1, 0.15) is 0 Å². The zero-order valence-electron chi connectivity index (χ0n) is 20.9. The topological polar surface area (TPSA) is 129 Å². The first kappa shape index (κ1) is 23.7. The third-order valence-electron chi connectivity index (χ3n) is 6.31. The minimum atomic E-state index is -0.131. The highest BCUT2D eigenvalue weighted by atomic mass is 32.1. The fraction of sp³-hybridized carbons (Fsp3) is 0.143. The Morgan fingerprint density at radius 2 is 1.76 bits per heavy atom. The van der Waals surface area contributed by atoms with Crippen LogP contribution >= 0.6 is 11.3 Å². The summed E-state index contributed by atoms with van der Waals surface area (Å²) in [5, 5.41) is 12.3. The number of amides is 1. The number of carbonyl (C=O) groups is 2. The Labute approximate surface area is 221 Å². The number of rotatable bonds is 6. The van der Waals surface area contributed by atoms with E-state index in [0.29, 0.717) is 16.2 Å². The Bertz CT molecular complexity index is 1850. The Morgan fingerprint density at radius 1 is 0.947 bits per heavy atom. The number of fused-ring (bicyclic) bond motifs is 2. The summed E-state index contributed by atoms with van der Waals surface area (Å²) in [5.41, 5.74) is 6.36.